The van der Waals surface area contributed by atoms with Crippen LogP contribution in [0.4, 0.5) is 0 Å². The van der Waals surface area contributed by atoms with E-state index in [1.54, 1.807) is 0 Å². The highest BCUT2D eigenvalue weighted by Gasteiger charge is 2.57. The van der Waals surface area contributed by atoms with Crippen LogP contribution in [0.2, 0.25) is 0 Å². The Labute approximate surface area is 129 Å². The third kappa shape index (κ3) is 4.44. The van der Waals surface area contributed by atoms with Crippen molar-refractivity contribution in [1.29, 1.82) is 0 Å². The van der Waals surface area contributed by atoms with Gasteiger partial charge in [0.05, 0.1) is 0 Å². The lowest BCUT2D eigenvalue weighted by Crippen LogP contribution is -2.34. The molecular formula is C17H41N3. The smallest absolute Gasteiger partial charge is 0.0438 e. The lowest BCUT2D eigenvalue weighted by molar-refractivity contribution is 0.222. The van der Waals surface area contributed by atoms with Crippen LogP contribution in [0.25, 0.3) is 0 Å². The molecule has 1 rings (SSSR count). The fourth-order valence-corrected chi connectivity index (χ4v) is 3.50. The predicted molar refractivity (Wildman–Crippen MR) is 93.6 cm³/mol. The van der Waals surface area contributed by atoms with Gasteiger partial charge in [-0.3, -0.25) is 14.7 Å². The first-order chi connectivity index (χ1) is 8.69. The van der Waals surface area contributed by atoms with Gasteiger partial charge in [-0.25, -0.2) is 0 Å². The number of hydrogen-bond donors (Lipinski definition) is 0. The quantitative estimate of drug-likeness (QED) is 0.643. The number of rotatable bonds is 9. The monoisotopic (exact) mass is 287 g/mol. The van der Waals surface area contributed by atoms with Crippen LogP contribution in [0.1, 0.15) is 56.4 Å². The molecule has 0 spiro atoms. The molecule has 0 bridgehead atoms. The third-order valence-corrected chi connectivity index (χ3v) is 4.61. The maximum Gasteiger partial charge on any atom is 0.0438 e. The first-order valence-electron chi connectivity index (χ1n) is 7.91. The Morgan fingerprint density at radius 1 is 0.450 bits per heavy atom. The molecule has 1 aliphatic rings. The minimum atomic E-state index is 0. The van der Waals surface area contributed by atoms with Crippen LogP contribution in [0.15, 0.2) is 0 Å². The van der Waals surface area contributed by atoms with Crippen molar-refractivity contribution < 1.29 is 0 Å². The summed E-state index contributed by atoms with van der Waals surface area (Å²) in [5.74, 6) is 0. The molecule has 0 atom stereocenters. The number of likely N-dealkylation sites (N-methyl/N-ethyl adjacent to an activating group) is 3. The normalized spacial score (nSPS) is 24.8. The molecule has 0 radical (unpaired) electrons. The second-order valence-electron chi connectivity index (χ2n) is 5.14. The maximum absolute atomic E-state index is 2.64. The summed E-state index contributed by atoms with van der Waals surface area (Å²) in [5, 5.41) is 0. The zero-order valence-electron chi connectivity index (χ0n) is 13.3. The minimum absolute atomic E-state index is 0. The first kappa shape index (κ1) is 22.2. The Kier molecular flexibility index (Phi) is 11.7. The van der Waals surface area contributed by atoms with E-state index >= 15 is 0 Å². The van der Waals surface area contributed by atoms with E-state index in [1.165, 1.54) is 39.3 Å². The highest BCUT2D eigenvalue weighted by molar-refractivity contribution is 5.17. The molecule has 1 fully saturated rings. The highest BCUT2D eigenvalue weighted by Crippen LogP contribution is 2.38. The Morgan fingerprint density at radius 2 is 0.600 bits per heavy atom. The third-order valence-electron chi connectivity index (χ3n) is 4.61. The molecule has 0 unspecified atom stereocenters. The molecule has 0 amide bonds. The molecule has 3 heteroatoms. The predicted octanol–water partition coefficient (Wildman–Crippen LogP) is 3.40. The van der Waals surface area contributed by atoms with E-state index in [0.717, 1.165) is 18.1 Å². The van der Waals surface area contributed by atoms with Crippen molar-refractivity contribution in [3.63, 3.8) is 0 Å². The van der Waals surface area contributed by atoms with Gasteiger partial charge in [-0.1, -0.05) is 56.4 Å². The molecule has 0 aromatic rings. The van der Waals surface area contributed by atoms with E-state index in [0.29, 0.717) is 0 Å². The van der Waals surface area contributed by atoms with Crippen molar-refractivity contribution in [2.45, 2.75) is 74.5 Å². The molecular weight excluding hydrogens is 246 g/mol. The zero-order chi connectivity index (χ0) is 13.7. The van der Waals surface area contributed by atoms with Gasteiger partial charge in [-0.15, -0.1) is 0 Å². The van der Waals surface area contributed by atoms with E-state index in [-0.39, 0.29) is 14.9 Å². The molecule has 3 nitrogen and oxygen atoms in total. The number of nitrogens with zero attached hydrogens (tertiary/aromatic N) is 3. The summed E-state index contributed by atoms with van der Waals surface area (Å²) in [6.07, 6.45) is 0. The van der Waals surface area contributed by atoms with Crippen LogP contribution >= 0.6 is 0 Å². The summed E-state index contributed by atoms with van der Waals surface area (Å²) < 4.78 is 0. The molecule has 0 heterocycles. The zero-order valence-corrected chi connectivity index (χ0v) is 13.3. The highest BCUT2D eigenvalue weighted by atomic mass is 15.4. The second-order valence-corrected chi connectivity index (χ2v) is 5.14. The van der Waals surface area contributed by atoms with Crippen LogP contribution in [0, 0.1) is 0 Å². The van der Waals surface area contributed by atoms with Crippen molar-refractivity contribution in [3.8, 4) is 0 Å². The molecule has 1 saturated carbocycles. The van der Waals surface area contributed by atoms with Crippen LogP contribution in [-0.2, 0) is 0 Å². The summed E-state index contributed by atoms with van der Waals surface area (Å²) in [6, 6.07) is 2.25. The average Bonchev–Trinajstić information content (AvgIpc) is 3.10. The van der Waals surface area contributed by atoms with Gasteiger partial charge < -0.3 is 0 Å². The Morgan fingerprint density at radius 3 is 0.700 bits per heavy atom. The van der Waals surface area contributed by atoms with Crippen molar-refractivity contribution in [1.82, 2.24) is 14.7 Å². The Hall–Kier alpha value is -0.120. The summed E-state index contributed by atoms with van der Waals surface area (Å²) in [5.41, 5.74) is 0. The molecule has 0 N–H and O–H groups in total. The second kappa shape index (κ2) is 10.6. The van der Waals surface area contributed by atoms with Crippen molar-refractivity contribution >= 4 is 0 Å². The van der Waals surface area contributed by atoms with Gasteiger partial charge in [-0.2, -0.15) is 0 Å². The standard InChI is InChI=1S/C15H33N3.2CH4/c1-7-16(8-2)13-14(17(9-3)10-4)15(13)18(11-5)12-6;;/h13-15H,7-12H2,1-6H3;2*1H4. The molecule has 0 aromatic heterocycles. The Balaban J connectivity index is 0. The lowest BCUT2D eigenvalue weighted by Gasteiger charge is -2.22. The van der Waals surface area contributed by atoms with Gasteiger partial charge >= 0.3 is 0 Å². The van der Waals surface area contributed by atoms with Crippen LogP contribution in [-0.4, -0.2) is 72.1 Å². The van der Waals surface area contributed by atoms with Crippen molar-refractivity contribution in [2.24, 2.45) is 0 Å². The molecule has 0 aromatic carbocycles. The maximum atomic E-state index is 2.64. The van der Waals surface area contributed by atoms with E-state index in [2.05, 4.69) is 56.2 Å². The van der Waals surface area contributed by atoms with Crippen molar-refractivity contribution in [2.75, 3.05) is 39.3 Å². The Bertz CT molecular complexity index is 176. The minimum Gasteiger partial charge on any atom is -0.298 e. The van der Waals surface area contributed by atoms with Crippen LogP contribution in [0.5, 0.6) is 0 Å². The van der Waals surface area contributed by atoms with Gasteiger partial charge in [-0.05, 0) is 39.3 Å². The molecule has 20 heavy (non-hydrogen) atoms. The largest absolute Gasteiger partial charge is 0.298 e. The molecule has 124 valence electrons. The van der Waals surface area contributed by atoms with E-state index < -0.39 is 0 Å². The van der Waals surface area contributed by atoms with Gasteiger partial charge in [0, 0.05) is 18.1 Å². The summed E-state index contributed by atoms with van der Waals surface area (Å²) in [6.45, 7) is 20.8. The van der Waals surface area contributed by atoms with Gasteiger partial charge in [0.1, 0.15) is 0 Å². The fraction of sp³-hybridized carbons (Fsp3) is 1.00. The van der Waals surface area contributed by atoms with Gasteiger partial charge in [0.2, 0.25) is 0 Å². The van der Waals surface area contributed by atoms with E-state index in [4.69, 9.17) is 0 Å². The fourth-order valence-electron chi connectivity index (χ4n) is 3.50. The number of hydrogen-bond acceptors (Lipinski definition) is 3. The molecule has 1 aliphatic carbocycles. The average molecular weight is 288 g/mol. The SMILES string of the molecule is C.C.CCN(CC)C1C(N(CC)CC)C1N(CC)CC. The van der Waals surface area contributed by atoms with Gasteiger partial charge in [0.15, 0.2) is 0 Å². The van der Waals surface area contributed by atoms with Crippen molar-refractivity contribution in [3.05, 3.63) is 0 Å². The topological polar surface area (TPSA) is 9.72 Å². The molecule has 0 aliphatic heterocycles. The van der Waals surface area contributed by atoms with Gasteiger partial charge in [0.25, 0.3) is 0 Å². The summed E-state index contributed by atoms with van der Waals surface area (Å²) >= 11 is 0. The lowest BCUT2D eigenvalue weighted by atomic mass is 10.4. The van der Waals surface area contributed by atoms with Crippen LogP contribution in [0.3, 0.4) is 0 Å². The van der Waals surface area contributed by atoms with E-state index in [9.17, 15) is 0 Å². The van der Waals surface area contributed by atoms with E-state index in [1.807, 2.05) is 0 Å². The molecule has 0 saturated heterocycles. The van der Waals surface area contributed by atoms with Crippen LogP contribution < -0.4 is 0 Å². The first-order valence-corrected chi connectivity index (χ1v) is 7.91. The summed E-state index contributed by atoms with van der Waals surface area (Å²) in [4.78, 5) is 7.93. The summed E-state index contributed by atoms with van der Waals surface area (Å²) in [7, 11) is 0.